The zero-order valence-corrected chi connectivity index (χ0v) is 10.3. The number of hydrogen-bond acceptors (Lipinski definition) is 4. The smallest absolute Gasteiger partial charge is 0.382 e. The number of hydrogen-bond donors (Lipinski definition) is 3. The Morgan fingerprint density at radius 2 is 2.05 bits per heavy atom. The number of hydrazone groups is 1. The Labute approximate surface area is 115 Å². The summed E-state index contributed by atoms with van der Waals surface area (Å²) in [4.78, 5) is 0. The van der Waals surface area contributed by atoms with Gasteiger partial charge in [-0.25, -0.2) is 4.39 Å². The third-order valence-corrected chi connectivity index (χ3v) is 2.40. The quantitative estimate of drug-likeness (QED) is 0.346. The van der Waals surface area contributed by atoms with Gasteiger partial charge in [-0.05, 0) is 6.07 Å². The van der Waals surface area contributed by atoms with E-state index in [1.54, 1.807) is 0 Å². The van der Waals surface area contributed by atoms with Gasteiger partial charge in [0.15, 0.2) is 5.84 Å². The van der Waals surface area contributed by atoms with E-state index in [2.05, 4.69) is 5.10 Å². The maximum atomic E-state index is 13.1. The third kappa shape index (κ3) is 3.58. The number of amidine groups is 1. The van der Waals surface area contributed by atoms with Crippen molar-refractivity contribution < 1.29 is 17.6 Å². The number of alkyl halides is 3. The highest BCUT2D eigenvalue weighted by molar-refractivity contribution is 6.46. The van der Waals surface area contributed by atoms with E-state index in [1.165, 1.54) is 6.07 Å². The summed E-state index contributed by atoms with van der Waals surface area (Å²) in [7, 11) is 0. The first-order chi connectivity index (χ1) is 9.16. The van der Waals surface area contributed by atoms with Gasteiger partial charge in [0.25, 0.3) is 0 Å². The lowest BCUT2D eigenvalue weighted by atomic mass is 10.2. The molecule has 0 saturated carbocycles. The molecule has 1 aromatic rings. The highest BCUT2D eigenvalue weighted by Crippen LogP contribution is 2.39. The first-order valence-electron chi connectivity index (χ1n) is 4.81. The molecular formula is C10H6ClF4N5. The molecule has 5 nitrogen and oxygen atoms in total. The summed E-state index contributed by atoms with van der Waals surface area (Å²) >= 11 is 5.49. The van der Waals surface area contributed by atoms with Crippen LogP contribution in [0.3, 0.4) is 0 Å². The normalized spacial score (nSPS) is 11.9. The molecule has 1 aromatic carbocycles. The summed E-state index contributed by atoms with van der Waals surface area (Å²) in [6.45, 7) is 0. The van der Waals surface area contributed by atoms with Crippen LogP contribution in [0.4, 0.5) is 23.2 Å². The zero-order chi connectivity index (χ0) is 15.5. The third-order valence-electron chi connectivity index (χ3n) is 1.99. The molecule has 20 heavy (non-hydrogen) atoms. The minimum atomic E-state index is -4.85. The molecule has 1 rings (SSSR count). The Kier molecular flexibility index (Phi) is 4.52. The molecule has 0 spiro atoms. The Bertz CT molecular complexity index is 617. The van der Waals surface area contributed by atoms with E-state index in [4.69, 9.17) is 28.0 Å². The molecule has 0 fully saturated rings. The molecule has 0 amide bonds. The summed E-state index contributed by atoms with van der Waals surface area (Å²) in [5, 5.41) is 18.0. The lowest BCUT2D eigenvalue weighted by molar-refractivity contribution is -0.137. The van der Waals surface area contributed by atoms with E-state index < -0.39 is 39.8 Å². The Morgan fingerprint density at radius 1 is 1.45 bits per heavy atom. The summed E-state index contributed by atoms with van der Waals surface area (Å²) < 4.78 is 50.9. The SMILES string of the molecule is N#C/C(=N\Nc1cc(F)cc(C(F)(F)F)c1Cl)C(=N)N. The van der Waals surface area contributed by atoms with Gasteiger partial charge in [-0.2, -0.15) is 23.5 Å². The number of anilines is 1. The van der Waals surface area contributed by atoms with E-state index in [9.17, 15) is 17.6 Å². The molecule has 106 valence electrons. The monoisotopic (exact) mass is 307 g/mol. The first kappa shape index (κ1) is 15.7. The predicted molar refractivity (Wildman–Crippen MR) is 65.0 cm³/mol. The summed E-state index contributed by atoms with van der Waals surface area (Å²) in [6.07, 6.45) is -4.85. The van der Waals surface area contributed by atoms with Crippen molar-refractivity contribution in [1.82, 2.24) is 0 Å². The summed E-state index contributed by atoms with van der Waals surface area (Å²) in [5.41, 5.74) is 4.47. The average Bonchev–Trinajstić information content (AvgIpc) is 2.31. The molecule has 0 aliphatic heterocycles. The molecule has 0 radical (unpaired) electrons. The van der Waals surface area contributed by atoms with Crippen LogP contribution in [0.1, 0.15) is 5.56 Å². The van der Waals surface area contributed by atoms with E-state index in [0.717, 1.165) is 0 Å². The summed E-state index contributed by atoms with van der Waals surface area (Å²) in [5.74, 6) is -1.90. The Hall–Kier alpha value is -2.34. The van der Waals surface area contributed by atoms with E-state index >= 15 is 0 Å². The second-order valence-corrected chi connectivity index (χ2v) is 3.79. The van der Waals surface area contributed by atoms with Crippen molar-refractivity contribution >= 4 is 28.8 Å². The number of rotatable bonds is 3. The number of nitriles is 1. The molecular weight excluding hydrogens is 302 g/mol. The number of halogens is 5. The second-order valence-electron chi connectivity index (χ2n) is 3.41. The van der Waals surface area contributed by atoms with Crippen LogP contribution in [0.2, 0.25) is 5.02 Å². The molecule has 0 saturated heterocycles. The van der Waals surface area contributed by atoms with Gasteiger partial charge in [-0.3, -0.25) is 10.8 Å². The van der Waals surface area contributed by atoms with Gasteiger partial charge in [-0.15, -0.1) is 0 Å². The van der Waals surface area contributed by atoms with Crippen molar-refractivity contribution in [2.24, 2.45) is 10.8 Å². The maximum absolute atomic E-state index is 13.1. The van der Waals surface area contributed by atoms with Crippen LogP contribution in [0.5, 0.6) is 0 Å². The van der Waals surface area contributed by atoms with E-state index in [0.29, 0.717) is 6.07 Å². The van der Waals surface area contributed by atoms with Gasteiger partial charge >= 0.3 is 6.18 Å². The molecule has 0 aliphatic rings. The van der Waals surface area contributed by atoms with Gasteiger partial charge in [0.2, 0.25) is 5.71 Å². The fraction of sp³-hybridized carbons (Fsp3) is 0.100. The average molecular weight is 308 g/mol. The number of benzene rings is 1. The Balaban J connectivity index is 3.25. The molecule has 4 N–H and O–H groups in total. The molecule has 10 heteroatoms. The van der Waals surface area contributed by atoms with Gasteiger partial charge in [0.1, 0.15) is 11.9 Å². The first-order valence-corrected chi connectivity index (χ1v) is 5.19. The number of nitrogens with two attached hydrogens (primary N) is 1. The van der Waals surface area contributed by atoms with E-state index in [1.807, 2.05) is 5.43 Å². The van der Waals surface area contributed by atoms with Crippen molar-refractivity contribution in [3.05, 3.63) is 28.5 Å². The second kappa shape index (κ2) is 5.75. The minimum Gasteiger partial charge on any atom is -0.382 e. The molecule has 0 atom stereocenters. The van der Waals surface area contributed by atoms with E-state index in [-0.39, 0.29) is 6.07 Å². The maximum Gasteiger partial charge on any atom is 0.418 e. The van der Waals surface area contributed by atoms with Gasteiger partial charge < -0.3 is 5.73 Å². The van der Waals surface area contributed by atoms with Crippen LogP contribution >= 0.6 is 11.6 Å². The van der Waals surface area contributed by atoms with Crippen molar-refractivity contribution in [2.75, 3.05) is 5.43 Å². The van der Waals surface area contributed by atoms with Crippen LogP contribution in [0.15, 0.2) is 17.2 Å². The van der Waals surface area contributed by atoms with Crippen LogP contribution in [0, 0.1) is 22.6 Å². The molecule has 0 unspecified atom stereocenters. The van der Waals surface area contributed by atoms with Crippen LogP contribution < -0.4 is 11.2 Å². The lowest BCUT2D eigenvalue weighted by Crippen LogP contribution is -2.22. The zero-order valence-electron chi connectivity index (χ0n) is 9.52. The fourth-order valence-electron chi connectivity index (χ4n) is 1.14. The highest BCUT2D eigenvalue weighted by Gasteiger charge is 2.35. The van der Waals surface area contributed by atoms with Gasteiger partial charge in [0.05, 0.1) is 16.3 Å². The van der Waals surface area contributed by atoms with Crippen LogP contribution in [-0.4, -0.2) is 11.5 Å². The van der Waals surface area contributed by atoms with Crippen molar-refractivity contribution in [1.29, 1.82) is 10.7 Å². The van der Waals surface area contributed by atoms with Crippen molar-refractivity contribution in [3.63, 3.8) is 0 Å². The lowest BCUT2D eigenvalue weighted by Gasteiger charge is -2.12. The van der Waals surface area contributed by atoms with Gasteiger partial charge in [-0.1, -0.05) is 11.6 Å². The van der Waals surface area contributed by atoms with Crippen molar-refractivity contribution in [2.45, 2.75) is 6.18 Å². The molecule has 0 aromatic heterocycles. The fourth-order valence-corrected chi connectivity index (χ4v) is 1.40. The van der Waals surface area contributed by atoms with Crippen LogP contribution in [0.25, 0.3) is 0 Å². The number of nitrogens with one attached hydrogen (secondary N) is 2. The molecule has 0 aliphatic carbocycles. The largest absolute Gasteiger partial charge is 0.418 e. The predicted octanol–water partition coefficient (Wildman–Crippen LogP) is 2.73. The Morgan fingerprint density at radius 3 is 2.50 bits per heavy atom. The van der Waals surface area contributed by atoms with Crippen LogP contribution in [-0.2, 0) is 6.18 Å². The topological polar surface area (TPSA) is 98.0 Å². The molecule has 0 heterocycles. The molecule has 0 bridgehead atoms. The number of nitrogens with zero attached hydrogens (tertiary/aromatic N) is 2. The minimum absolute atomic E-state index is 0.230. The van der Waals surface area contributed by atoms with Gasteiger partial charge in [0, 0.05) is 6.07 Å². The highest BCUT2D eigenvalue weighted by atomic mass is 35.5. The summed E-state index contributed by atoms with van der Waals surface area (Å²) in [6, 6.07) is 2.32. The van der Waals surface area contributed by atoms with Crippen molar-refractivity contribution in [3.8, 4) is 6.07 Å². The standard InChI is InChI=1S/C10H6ClF4N5/c11-8-5(10(13,14)15)1-4(12)2-6(8)19-20-7(3-16)9(17)18/h1-2,19H,(H3,17,18)/b20-7+.